The van der Waals surface area contributed by atoms with Crippen molar-refractivity contribution in [1.82, 2.24) is 5.06 Å². The van der Waals surface area contributed by atoms with Crippen molar-refractivity contribution in [3.63, 3.8) is 0 Å². The normalized spacial score (nSPS) is 16.5. The highest BCUT2D eigenvalue weighted by atomic mass is 32.2. The Balaban J connectivity index is 2.47. The maximum Gasteiger partial charge on any atom is 0.450 e. The molecule has 3 nitrogen and oxygen atoms in total. The summed E-state index contributed by atoms with van der Waals surface area (Å²) in [6.45, 7) is 0.0963. The molecule has 0 aromatic carbocycles. The number of ketones is 1. The minimum absolute atomic E-state index is 0.0963. The molecule has 0 saturated heterocycles. The summed E-state index contributed by atoms with van der Waals surface area (Å²) in [6, 6.07) is 0. The first-order valence-corrected chi connectivity index (χ1v) is 4.94. The van der Waals surface area contributed by atoms with E-state index in [1.54, 1.807) is 12.2 Å². The lowest BCUT2D eigenvalue weighted by atomic mass is 10.4. The van der Waals surface area contributed by atoms with Gasteiger partial charge in [-0.15, -0.1) is 11.8 Å². The highest BCUT2D eigenvalue weighted by Crippen LogP contribution is 2.25. The van der Waals surface area contributed by atoms with Crippen LogP contribution in [-0.4, -0.2) is 29.3 Å². The molecule has 1 rings (SSSR count). The topological polar surface area (TPSA) is 43.4 Å². The van der Waals surface area contributed by atoms with Gasteiger partial charge in [0.1, 0.15) is 0 Å². The zero-order chi connectivity index (χ0) is 11.5. The number of hydroxylamine groups is 2. The highest BCUT2D eigenvalue weighted by molar-refractivity contribution is 8.03. The molecule has 1 aliphatic heterocycles. The van der Waals surface area contributed by atoms with Gasteiger partial charge in [-0.1, -0.05) is 12.2 Å². The number of carbonyl (C=O) groups is 1. The van der Waals surface area contributed by atoms with Crippen LogP contribution in [0.25, 0.3) is 0 Å². The summed E-state index contributed by atoms with van der Waals surface area (Å²) in [6.07, 6.45) is -0.311. The van der Waals surface area contributed by atoms with Gasteiger partial charge < -0.3 is 10.3 Å². The average Bonchev–Trinajstić information content (AvgIpc) is 2.14. The van der Waals surface area contributed by atoms with Crippen molar-refractivity contribution in [1.29, 1.82) is 0 Å². The predicted octanol–water partition coefficient (Wildman–Crippen LogP) is 2.06. The van der Waals surface area contributed by atoms with Crippen molar-refractivity contribution in [3.05, 3.63) is 28.5 Å². The Morgan fingerprint density at radius 2 is 2.27 bits per heavy atom. The molecule has 84 valence electrons. The lowest BCUT2D eigenvalue weighted by Crippen LogP contribution is -2.25. The molecule has 0 aromatic heterocycles. The van der Waals surface area contributed by atoms with Gasteiger partial charge in [0.05, 0.1) is 10.8 Å². The van der Waals surface area contributed by atoms with Crippen molar-refractivity contribution in [2.24, 2.45) is 0 Å². The molecule has 0 bridgehead atoms. The van der Waals surface area contributed by atoms with Crippen molar-refractivity contribution >= 4 is 17.5 Å². The van der Waals surface area contributed by atoms with Crippen LogP contribution in [-0.2, 0) is 4.79 Å². The zero-order valence-electron chi connectivity index (χ0n) is 7.45. The lowest BCUT2D eigenvalue weighted by Gasteiger charge is -2.32. The van der Waals surface area contributed by atoms with E-state index in [2.05, 4.69) is 0 Å². The monoisotopic (exact) mass is 238 g/mol. The molecular formula is C8H7F3NO2S-. The second kappa shape index (κ2) is 4.71. The first-order chi connectivity index (χ1) is 6.91. The molecule has 15 heavy (non-hydrogen) atoms. The molecule has 1 aliphatic rings. The summed E-state index contributed by atoms with van der Waals surface area (Å²) >= 11 is 0.594. The van der Waals surface area contributed by atoms with E-state index in [-0.39, 0.29) is 11.6 Å². The second-order valence-corrected chi connectivity index (χ2v) is 3.70. The van der Waals surface area contributed by atoms with Gasteiger partial charge in [0.15, 0.2) is 0 Å². The number of nitrogens with zero attached hydrogens (tertiary/aromatic N) is 1. The van der Waals surface area contributed by atoms with Gasteiger partial charge in [-0.25, -0.2) is 0 Å². The Morgan fingerprint density at radius 1 is 1.60 bits per heavy atom. The summed E-state index contributed by atoms with van der Waals surface area (Å²) in [5.74, 6) is -2.60. The number of carbonyl (C=O) groups excluding carboxylic acids is 1. The highest BCUT2D eigenvalue weighted by Gasteiger charge is 2.37. The van der Waals surface area contributed by atoms with Crippen LogP contribution in [0.2, 0.25) is 0 Å². The van der Waals surface area contributed by atoms with Crippen molar-refractivity contribution in [2.45, 2.75) is 6.18 Å². The third kappa shape index (κ3) is 3.60. The third-order valence-electron chi connectivity index (χ3n) is 1.56. The molecule has 7 heteroatoms. The first-order valence-electron chi connectivity index (χ1n) is 3.95. The van der Waals surface area contributed by atoms with Crippen molar-refractivity contribution < 1.29 is 18.0 Å². The Kier molecular flexibility index (Phi) is 3.81. The van der Waals surface area contributed by atoms with Gasteiger partial charge in [0, 0.05) is 6.54 Å². The number of alkyl halides is 3. The number of allylic oxidation sites excluding steroid dienone is 2. The molecule has 0 spiro atoms. The SMILES string of the molecule is O=C(CSC1=CC=CCN1[O-])C(F)(F)F. The van der Waals surface area contributed by atoms with E-state index in [1.165, 1.54) is 6.08 Å². The van der Waals surface area contributed by atoms with E-state index in [0.29, 0.717) is 16.8 Å². The molecule has 0 fully saturated rings. The van der Waals surface area contributed by atoms with E-state index in [4.69, 9.17) is 0 Å². The van der Waals surface area contributed by atoms with Crippen molar-refractivity contribution in [2.75, 3.05) is 12.3 Å². The van der Waals surface area contributed by atoms with Gasteiger partial charge in [-0.2, -0.15) is 13.2 Å². The van der Waals surface area contributed by atoms with Crippen LogP contribution in [0.5, 0.6) is 0 Å². The quantitative estimate of drug-likeness (QED) is 0.754. The summed E-state index contributed by atoms with van der Waals surface area (Å²) in [7, 11) is 0. The molecule has 0 radical (unpaired) electrons. The smallest absolute Gasteiger partial charge is 0.450 e. The van der Waals surface area contributed by atoms with Crippen LogP contribution in [0.4, 0.5) is 13.2 Å². The predicted molar refractivity (Wildman–Crippen MR) is 50.8 cm³/mol. The number of halogens is 3. The summed E-state index contributed by atoms with van der Waals surface area (Å²) < 4.78 is 35.4. The van der Waals surface area contributed by atoms with E-state index in [1.807, 2.05) is 0 Å². The Hall–Kier alpha value is -0.950. The minimum atomic E-state index is -4.83. The van der Waals surface area contributed by atoms with Gasteiger partial charge in [-0.05, 0) is 6.08 Å². The van der Waals surface area contributed by atoms with Gasteiger partial charge >= 0.3 is 6.18 Å². The molecule has 0 aromatic rings. The number of thioether (sulfide) groups is 1. The fraction of sp³-hybridized carbons (Fsp3) is 0.375. The van der Waals surface area contributed by atoms with E-state index in [9.17, 15) is 23.2 Å². The molecule has 1 heterocycles. The second-order valence-electron chi connectivity index (χ2n) is 2.70. The van der Waals surface area contributed by atoms with Crippen LogP contribution in [0.3, 0.4) is 0 Å². The molecule has 0 atom stereocenters. The standard InChI is InChI=1S/C8H7F3NO2S/c9-8(10,11)6(13)5-15-7-3-1-2-4-12(7)14/h1-3H,4-5H2/q-1. The number of Topliss-reactive ketones (excluding diaryl/α,β-unsaturated/α-hetero) is 1. The molecule has 0 N–H and O–H groups in total. The first kappa shape index (κ1) is 12.1. The third-order valence-corrected chi connectivity index (χ3v) is 2.60. The molecule has 0 amide bonds. The Bertz CT molecular complexity index is 311. The Labute approximate surface area is 88.2 Å². The van der Waals surface area contributed by atoms with Crippen LogP contribution >= 0.6 is 11.8 Å². The summed E-state index contributed by atoms with van der Waals surface area (Å²) in [5.41, 5.74) is 0. The summed E-state index contributed by atoms with van der Waals surface area (Å²) in [5, 5.41) is 11.7. The number of hydrogen-bond acceptors (Lipinski definition) is 4. The average molecular weight is 238 g/mol. The van der Waals surface area contributed by atoms with Gasteiger partial charge in [0.25, 0.3) is 0 Å². The maximum absolute atomic E-state index is 11.8. The van der Waals surface area contributed by atoms with E-state index in [0.717, 1.165) is 0 Å². The van der Waals surface area contributed by atoms with Crippen LogP contribution in [0.15, 0.2) is 23.3 Å². The number of hydrogen-bond donors (Lipinski definition) is 0. The van der Waals surface area contributed by atoms with Gasteiger partial charge in [-0.3, -0.25) is 4.79 Å². The molecular weight excluding hydrogens is 231 g/mol. The van der Waals surface area contributed by atoms with E-state index >= 15 is 0 Å². The fourth-order valence-corrected chi connectivity index (χ4v) is 1.66. The molecule has 0 aliphatic carbocycles. The fourth-order valence-electron chi connectivity index (χ4n) is 0.821. The molecule has 0 saturated carbocycles. The number of rotatable bonds is 3. The minimum Gasteiger partial charge on any atom is -0.758 e. The van der Waals surface area contributed by atoms with Crippen LogP contribution in [0, 0.1) is 5.21 Å². The lowest BCUT2D eigenvalue weighted by molar-refractivity contribution is -0.167. The van der Waals surface area contributed by atoms with Crippen LogP contribution in [0.1, 0.15) is 0 Å². The van der Waals surface area contributed by atoms with Gasteiger partial charge in [0.2, 0.25) is 5.78 Å². The summed E-state index contributed by atoms with van der Waals surface area (Å²) in [4.78, 5) is 10.5. The van der Waals surface area contributed by atoms with E-state index < -0.39 is 17.7 Å². The largest absolute Gasteiger partial charge is 0.758 e. The Morgan fingerprint density at radius 3 is 2.80 bits per heavy atom. The zero-order valence-corrected chi connectivity index (χ0v) is 8.27. The van der Waals surface area contributed by atoms with Crippen LogP contribution < -0.4 is 0 Å². The van der Waals surface area contributed by atoms with Crippen molar-refractivity contribution in [3.8, 4) is 0 Å². The maximum atomic E-state index is 11.8. The molecule has 0 unspecified atom stereocenters.